The first-order valence-corrected chi connectivity index (χ1v) is 8.19. The van der Waals surface area contributed by atoms with E-state index in [0.717, 1.165) is 19.6 Å². The minimum atomic E-state index is -0.0417. The predicted molar refractivity (Wildman–Crippen MR) is 83.4 cm³/mol. The first kappa shape index (κ1) is 18.4. The lowest BCUT2D eigenvalue weighted by Crippen LogP contribution is -2.45. The Bertz CT molecular complexity index is 215. The smallest absolute Gasteiger partial charge is 0.239 e. The third kappa shape index (κ3) is 9.04. The second-order valence-corrected chi connectivity index (χ2v) is 5.31. The van der Waals surface area contributed by atoms with E-state index in [9.17, 15) is 4.79 Å². The maximum atomic E-state index is 12.0. The third-order valence-electron chi connectivity index (χ3n) is 3.68. The van der Waals surface area contributed by atoms with E-state index in [-0.39, 0.29) is 11.9 Å². The Morgan fingerprint density at radius 3 is 2.00 bits per heavy atom. The second-order valence-electron chi connectivity index (χ2n) is 5.31. The van der Waals surface area contributed by atoms with Crippen molar-refractivity contribution in [2.75, 3.05) is 19.6 Å². The summed E-state index contributed by atoms with van der Waals surface area (Å²) in [4.78, 5) is 13.9. The van der Waals surface area contributed by atoms with Crippen LogP contribution in [0.1, 0.15) is 72.6 Å². The van der Waals surface area contributed by atoms with Crippen molar-refractivity contribution in [1.82, 2.24) is 10.2 Å². The Morgan fingerprint density at radius 2 is 1.47 bits per heavy atom. The van der Waals surface area contributed by atoms with Gasteiger partial charge in [0.1, 0.15) is 0 Å². The number of hydrogen-bond donors (Lipinski definition) is 1. The normalized spacial score (nSPS) is 12.4. The van der Waals surface area contributed by atoms with Crippen molar-refractivity contribution in [3.05, 3.63) is 0 Å². The Kier molecular flexibility index (Phi) is 12.1. The van der Waals surface area contributed by atoms with Gasteiger partial charge in [0.05, 0.1) is 6.04 Å². The van der Waals surface area contributed by atoms with Crippen LogP contribution in [0.4, 0.5) is 0 Å². The fourth-order valence-electron chi connectivity index (χ4n) is 2.30. The Balaban J connectivity index is 3.52. The van der Waals surface area contributed by atoms with Crippen molar-refractivity contribution < 1.29 is 4.79 Å². The zero-order valence-corrected chi connectivity index (χ0v) is 13.5. The minimum absolute atomic E-state index is 0.0417. The van der Waals surface area contributed by atoms with Gasteiger partial charge in [-0.3, -0.25) is 4.79 Å². The molecule has 0 spiro atoms. The average molecular weight is 270 g/mol. The zero-order chi connectivity index (χ0) is 14.5. The minimum Gasteiger partial charge on any atom is -0.342 e. The fraction of sp³-hybridized carbons (Fsp3) is 0.938. The topological polar surface area (TPSA) is 32.3 Å². The molecule has 1 atom stereocenters. The molecule has 0 aromatic heterocycles. The fourth-order valence-corrected chi connectivity index (χ4v) is 2.30. The van der Waals surface area contributed by atoms with Crippen LogP contribution in [0.2, 0.25) is 0 Å². The molecule has 3 heteroatoms. The molecule has 114 valence electrons. The van der Waals surface area contributed by atoms with Gasteiger partial charge in [0.15, 0.2) is 0 Å². The van der Waals surface area contributed by atoms with Gasteiger partial charge in [-0.05, 0) is 33.7 Å². The highest BCUT2D eigenvalue weighted by Gasteiger charge is 2.16. The van der Waals surface area contributed by atoms with Crippen molar-refractivity contribution in [1.29, 1.82) is 0 Å². The standard InChI is InChI=1S/C16H34N2O/c1-5-8-9-10-11-12-13-14-17-15(4)16(19)18(6-2)7-3/h15,17H,5-14H2,1-4H3. The molecule has 3 nitrogen and oxygen atoms in total. The summed E-state index contributed by atoms with van der Waals surface area (Å²) in [6.07, 6.45) is 9.22. The van der Waals surface area contributed by atoms with Crippen LogP contribution in [-0.2, 0) is 4.79 Å². The highest BCUT2D eigenvalue weighted by Crippen LogP contribution is 2.06. The van der Waals surface area contributed by atoms with Crippen molar-refractivity contribution in [3.8, 4) is 0 Å². The first-order chi connectivity index (χ1) is 9.17. The summed E-state index contributed by atoms with van der Waals surface area (Å²) in [5.74, 6) is 0.230. The van der Waals surface area contributed by atoms with Crippen LogP contribution < -0.4 is 5.32 Å². The molecule has 0 saturated heterocycles. The number of likely N-dealkylation sites (N-methyl/N-ethyl adjacent to an activating group) is 1. The molecule has 0 bridgehead atoms. The predicted octanol–water partition coefficient (Wildman–Crippen LogP) is 3.58. The van der Waals surface area contributed by atoms with Crippen molar-refractivity contribution in [2.24, 2.45) is 0 Å². The number of carbonyl (C=O) groups excluding carboxylic acids is 1. The summed E-state index contributed by atoms with van der Waals surface area (Å²) in [6, 6.07) is -0.0417. The summed E-state index contributed by atoms with van der Waals surface area (Å²) in [6.45, 7) is 10.9. The number of nitrogens with one attached hydrogen (secondary N) is 1. The average Bonchev–Trinajstić information content (AvgIpc) is 2.42. The molecule has 0 aliphatic carbocycles. The van der Waals surface area contributed by atoms with Gasteiger partial charge in [0, 0.05) is 13.1 Å². The van der Waals surface area contributed by atoms with Gasteiger partial charge in [-0.2, -0.15) is 0 Å². The van der Waals surface area contributed by atoms with Gasteiger partial charge >= 0.3 is 0 Å². The molecule has 1 amide bonds. The monoisotopic (exact) mass is 270 g/mol. The first-order valence-electron chi connectivity index (χ1n) is 8.19. The van der Waals surface area contributed by atoms with Gasteiger partial charge in [-0.1, -0.05) is 45.4 Å². The van der Waals surface area contributed by atoms with E-state index < -0.39 is 0 Å². The van der Waals surface area contributed by atoms with Gasteiger partial charge < -0.3 is 10.2 Å². The maximum absolute atomic E-state index is 12.0. The second kappa shape index (κ2) is 12.5. The highest BCUT2D eigenvalue weighted by molar-refractivity contribution is 5.81. The van der Waals surface area contributed by atoms with Gasteiger partial charge in [-0.25, -0.2) is 0 Å². The van der Waals surface area contributed by atoms with E-state index in [1.54, 1.807) is 0 Å². The van der Waals surface area contributed by atoms with E-state index in [1.807, 2.05) is 25.7 Å². The lowest BCUT2D eigenvalue weighted by molar-refractivity contribution is -0.132. The highest BCUT2D eigenvalue weighted by atomic mass is 16.2. The zero-order valence-electron chi connectivity index (χ0n) is 13.5. The molecule has 0 aromatic rings. The largest absolute Gasteiger partial charge is 0.342 e. The number of carbonyl (C=O) groups is 1. The maximum Gasteiger partial charge on any atom is 0.239 e. The number of hydrogen-bond acceptors (Lipinski definition) is 2. The lowest BCUT2D eigenvalue weighted by Gasteiger charge is -2.23. The summed E-state index contributed by atoms with van der Waals surface area (Å²) in [5, 5.41) is 3.34. The Hall–Kier alpha value is -0.570. The number of amides is 1. The molecule has 0 aliphatic heterocycles. The van der Waals surface area contributed by atoms with E-state index in [1.165, 1.54) is 44.9 Å². The number of rotatable bonds is 12. The van der Waals surface area contributed by atoms with Gasteiger partial charge in [-0.15, -0.1) is 0 Å². The molecule has 1 N–H and O–H groups in total. The summed E-state index contributed by atoms with van der Waals surface area (Å²) in [5.41, 5.74) is 0. The van der Waals surface area contributed by atoms with Crippen LogP contribution in [-0.4, -0.2) is 36.5 Å². The number of unbranched alkanes of at least 4 members (excludes halogenated alkanes) is 6. The van der Waals surface area contributed by atoms with Crippen molar-refractivity contribution in [2.45, 2.75) is 78.7 Å². The molecule has 19 heavy (non-hydrogen) atoms. The van der Waals surface area contributed by atoms with E-state index >= 15 is 0 Å². The molecule has 0 rings (SSSR count). The van der Waals surface area contributed by atoms with Crippen LogP contribution in [0.15, 0.2) is 0 Å². The molecular weight excluding hydrogens is 236 g/mol. The third-order valence-corrected chi connectivity index (χ3v) is 3.68. The van der Waals surface area contributed by atoms with Crippen LogP contribution >= 0.6 is 0 Å². The van der Waals surface area contributed by atoms with Gasteiger partial charge in [0.2, 0.25) is 5.91 Å². The SMILES string of the molecule is CCCCCCCCCNC(C)C(=O)N(CC)CC. The van der Waals surface area contributed by atoms with Crippen LogP contribution in [0.25, 0.3) is 0 Å². The quantitative estimate of drug-likeness (QED) is 0.550. The molecule has 0 aromatic carbocycles. The van der Waals surface area contributed by atoms with Crippen LogP contribution in [0, 0.1) is 0 Å². The van der Waals surface area contributed by atoms with E-state index in [0.29, 0.717) is 0 Å². The Morgan fingerprint density at radius 1 is 0.947 bits per heavy atom. The molecule has 0 radical (unpaired) electrons. The van der Waals surface area contributed by atoms with E-state index in [2.05, 4.69) is 12.2 Å². The lowest BCUT2D eigenvalue weighted by atomic mass is 10.1. The molecular formula is C16H34N2O. The van der Waals surface area contributed by atoms with Crippen LogP contribution in [0.3, 0.4) is 0 Å². The van der Waals surface area contributed by atoms with Crippen LogP contribution in [0.5, 0.6) is 0 Å². The molecule has 0 heterocycles. The summed E-state index contributed by atoms with van der Waals surface area (Å²) >= 11 is 0. The molecule has 0 fully saturated rings. The number of nitrogens with zero attached hydrogens (tertiary/aromatic N) is 1. The van der Waals surface area contributed by atoms with E-state index in [4.69, 9.17) is 0 Å². The van der Waals surface area contributed by atoms with Gasteiger partial charge in [0.25, 0.3) is 0 Å². The Labute approximate surface area is 120 Å². The summed E-state index contributed by atoms with van der Waals surface area (Å²) < 4.78 is 0. The summed E-state index contributed by atoms with van der Waals surface area (Å²) in [7, 11) is 0. The van der Waals surface area contributed by atoms with Crippen molar-refractivity contribution >= 4 is 5.91 Å². The molecule has 0 aliphatic rings. The molecule has 1 unspecified atom stereocenters. The van der Waals surface area contributed by atoms with Crippen molar-refractivity contribution in [3.63, 3.8) is 0 Å². The molecule has 0 saturated carbocycles.